The molecule has 1 amide bonds. The summed E-state index contributed by atoms with van der Waals surface area (Å²) in [5.41, 5.74) is 0.736. The third kappa shape index (κ3) is 4.62. The van der Waals surface area contributed by atoms with Crippen LogP contribution in [0.25, 0.3) is 4.83 Å². The van der Waals surface area contributed by atoms with Crippen molar-refractivity contribution in [1.29, 1.82) is 0 Å². The summed E-state index contributed by atoms with van der Waals surface area (Å²) in [5, 5.41) is 2.95. The van der Waals surface area contributed by atoms with E-state index in [1.165, 1.54) is 17.5 Å². The zero-order valence-electron chi connectivity index (χ0n) is 21.2. The molecule has 1 saturated heterocycles. The van der Waals surface area contributed by atoms with Gasteiger partial charge in [0.1, 0.15) is 16.9 Å². The minimum atomic E-state index is -2.07. The molecule has 1 aliphatic rings. The van der Waals surface area contributed by atoms with Crippen LogP contribution >= 0.6 is 11.3 Å². The number of rotatable bonds is 8. The van der Waals surface area contributed by atoms with Crippen molar-refractivity contribution in [3.63, 3.8) is 0 Å². The summed E-state index contributed by atoms with van der Waals surface area (Å²) in [6, 6.07) is 3.09. The molecule has 1 fully saturated rings. The summed E-state index contributed by atoms with van der Waals surface area (Å²) < 4.78 is 8.18. The molecular formula is C25H32N4O4SSi. The van der Waals surface area contributed by atoms with Gasteiger partial charge in [0.25, 0.3) is 0 Å². The van der Waals surface area contributed by atoms with Crippen LogP contribution in [0.2, 0.25) is 18.1 Å². The highest BCUT2D eigenvalue weighted by Crippen LogP contribution is 2.40. The van der Waals surface area contributed by atoms with Gasteiger partial charge in [-0.3, -0.25) is 23.8 Å². The third-order valence-electron chi connectivity index (χ3n) is 7.34. The van der Waals surface area contributed by atoms with Gasteiger partial charge in [-0.05, 0) is 37.2 Å². The van der Waals surface area contributed by atoms with E-state index in [1.807, 2.05) is 13.8 Å². The molecule has 186 valence electrons. The van der Waals surface area contributed by atoms with E-state index in [9.17, 15) is 14.4 Å². The van der Waals surface area contributed by atoms with Crippen molar-refractivity contribution in [2.24, 2.45) is 11.8 Å². The van der Waals surface area contributed by atoms with Gasteiger partial charge >= 0.3 is 0 Å². The Bertz CT molecular complexity index is 1280. The Labute approximate surface area is 210 Å². The SMILES string of the molecule is CC(C(=O)c1cn2cnc(C(=O)c3cccnc3)c2s1)[C@H]1NC(=O)[C@@H]1[C@@H](C)O[Si](C)(C)C(C)(C)C. The fourth-order valence-corrected chi connectivity index (χ4v) is 6.70. The Hall–Kier alpha value is -2.69. The predicted octanol–water partition coefficient (Wildman–Crippen LogP) is 4.37. The number of nitrogens with zero attached hydrogens (tertiary/aromatic N) is 3. The number of fused-ring (bicyclic) bond motifs is 1. The van der Waals surface area contributed by atoms with Crippen LogP contribution in [0.1, 0.15) is 60.3 Å². The lowest BCUT2D eigenvalue weighted by molar-refractivity contribution is -0.141. The largest absolute Gasteiger partial charge is 0.413 e. The van der Waals surface area contributed by atoms with Crippen molar-refractivity contribution >= 4 is 42.0 Å². The highest BCUT2D eigenvalue weighted by Gasteiger charge is 2.50. The van der Waals surface area contributed by atoms with Crippen molar-refractivity contribution in [2.45, 2.75) is 64.9 Å². The first-order chi connectivity index (χ1) is 16.3. The number of imidazole rings is 1. The van der Waals surface area contributed by atoms with E-state index in [0.717, 1.165) is 0 Å². The molecule has 3 aromatic rings. The quantitative estimate of drug-likeness (QED) is 0.273. The van der Waals surface area contributed by atoms with E-state index < -0.39 is 14.2 Å². The number of ketones is 2. The molecule has 1 unspecified atom stereocenters. The number of carbonyl (C=O) groups is 3. The maximum atomic E-state index is 13.4. The van der Waals surface area contributed by atoms with Gasteiger partial charge in [0, 0.05) is 30.1 Å². The normalized spacial score (nSPS) is 20.3. The first kappa shape index (κ1) is 25.4. The van der Waals surface area contributed by atoms with E-state index in [2.05, 4.69) is 49.1 Å². The number of β-lactam (4-membered cyclic amide) rings is 1. The van der Waals surface area contributed by atoms with E-state index in [4.69, 9.17) is 4.43 Å². The zero-order chi connectivity index (χ0) is 25.7. The molecule has 35 heavy (non-hydrogen) atoms. The molecular weight excluding hydrogens is 480 g/mol. The minimum Gasteiger partial charge on any atom is -0.413 e. The van der Waals surface area contributed by atoms with Crippen molar-refractivity contribution in [3.8, 4) is 0 Å². The molecule has 3 aromatic heterocycles. The second kappa shape index (κ2) is 9.07. The van der Waals surface area contributed by atoms with Gasteiger partial charge in [-0.1, -0.05) is 27.7 Å². The predicted molar refractivity (Wildman–Crippen MR) is 137 cm³/mol. The summed E-state index contributed by atoms with van der Waals surface area (Å²) in [6.45, 7) is 14.6. The molecule has 1 N–H and O–H groups in total. The lowest BCUT2D eigenvalue weighted by Gasteiger charge is -2.46. The van der Waals surface area contributed by atoms with Crippen molar-refractivity contribution in [3.05, 3.63) is 53.2 Å². The summed E-state index contributed by atoms with van der Waals surface area (Å²) in [4.78, 5) is 48.2. The number of nitrogens with one attached hydrogen (secondary N) is 1. The van der Waals surface area contributed by atoms with E-state index in [0.29, 0.717) is 21.0 Å². The Morgan fingerprint density at radius 3 is 2.57 bits per heavy atom. The van der Waals surface area contributed by atoms with Gasteiger partial charge < -0.3 is 9.74 Å². The molecule has 0 aromatic carbocycles. The third-order valence-corrected chi connectivity index (χ3v) is 13.0. The highest BCUT2D eigenvalue weighted by molar-refractivity contribution is 7.19. The number of thiazole rings is 1. The van der Waals surface area contributed by atoms with E-state index in [-0.39, 0.29) is 40.6 Å². The number of Topliss-reactive ketones (excluding diaryl/α,β-unsaturated/α-hetero) is 1. The van der Waals surface area contributed by atoms with Crippen LogP contribution < -0.4 is 5.32 Å². The topological polar surface area (TPSA) is 103 Å². The number of pyridine rings is 1. The van der Waals surface area contributed by atoms with Crippen LogP contribution in [0.15, 0.2) is 37.1 Å². The number of aromatic nitrogens is 3. The molecule has 0 bridgehead atoms. The Morgan fingerprint density at radius 1 is 1.26 bits per heavy atom. The van der Waals surface area contributed by atoms with Crippen molar-refractivity contribution in [2.75, 3.05) is 0 Å². The molecule has 8 nitrogen and oxygen atoms in total. The Balaban J connectivity index is 1.52. The smallest absolute Gasteiger partial charge is 0.228 e. The average Bonchev–Trinajstić information content (AvgIpc) is 3.36. The lowest BCUT2D eigenvalue weighted by Crippen LogP contribution is -2.66. The van der Waals surface area contributed by atoms with E-state index in [1.54, 1.807) is 35.3 Å². The maximum absolute atomic E-state index is 13.4. The lowest BCUT2D eigenvalue weighted by atomic mass is 9.77. The monoisotopic (exact) mass is 512 g/mol. The van der Waals surface area contributed by atoms with Crippen LogP contribution in [0.5, 0.6) is 0 Å². The number of hydrogen-bond donors (Lipinski definition) is 1. The number of carbonyl (C=O) groups excluding carboxylic acids is 3. The van der Waals surface area contributed by atoms with Crippen LogP contribution in [-0.2, 0) is 9.22 Å². The highest BCUT2D eigenvalue weighted by atomic mass is 32.1. The molecule has 10 heteroatoms. The molecule has 0 radical (unpaired) electrons. The average molecular weight is 513 g/mol. The van der Waals surface area contributed by atoms with Gasteiger partial charge in [0.05, 0.1) is 22.9 Å². The van der Waals surface area contributed by atoms with Gasteiger partial charge in [-0.15, -0.1) is 11.3 Å². The molecule has 0 saturated carbocycles. The van der Waals surface area contributed by atoms with Gasteiger partial charge in [0.15, 0.2) is 14.1 Å². The summed E-state index contributed by atoms with van der Waals surface area (Å²) >= 11 is 1.24. The number of amides is 1. The van der Waals surface area contributed by atoms with Gasteiger partial charge in [-0.25, -0.2) is 4.98 Å². The molecule has 0 spiro atoms. The molecule has 4 atom stereocenters. The summed E-state index contributed by atoms with van der Waals surface area (Å²) in [6.07, 6.45) is 6.07. The van der Waals surface area contributed by atoms with Gasteiger partial charge in [-0.2, -0.15) is 0 Å². The zero-order valence-corrected chi connectivity index (χ0v) is 23.0. The molecule has 4 rings (SSSR count). The minimum absolute atomic E-state index is 0.0240. The Morgan fingerprint density at radius 2 is 1.97 bits per heavy atom. The first-order valence-corrected chi connectivity index (χ1v) is 15.5. The standard InChI is InChI=1S/C25H32N4O4SSi/c1-14(19-18(23(32)28-19)15(2)33-35(6,7)25(3,4)5)21(30)17-12-29-13-27-20(24(29)34-17)22(31)16-9-8-10-26-11-16/h8-15,18-19H,1-7H3,(H,28,32)/t14?,15-,18-,19-/m1/s1. The fourth-order valence-electron chi connectivity index (χ4n) is 4.16. The van der Waals surface area contributed by atoms with Crippen LogP contribution in [0.4, 0.5) is 0 Å². The van der Waals surface area contributed by atoms with Gasteiger partial charge in [0.2, 0.25) is 11.7 Å². The second-order valence-corrected chi connectivity index (χ2v) is 16.6. The second-order valence-electron chi connectivity index (χ2n) is 10.8. The molecule has 1 aliphatic heterocycles. The van der Waals surface area contributed by atoms with Crippen LogP contribution in [0, 0.1) is 11.8 Å². The Kier molecular flexibility index (Phi) is 6.58. The summed E-state index contributed by atoms with van der Waals surface area (Å²) in [5.74, 6) is -1.20. The van der Waals surface area contributed by atoms with Crippen molar-refractivity contribution < 1.29 is 18.8 Å². The fraction of sp³-hybridized carbons (Fsp3) is 0.480. The molecule has 0 aliphatic carbocycles. The first-order valence-electron chi connectivity index (χ1n) is 11.8. The van der Waals surface area contributed by atoms with E-state index >= 15 is 0 Å². The van der Waals surface area contributed by atoms with Crippen molar-refractivity contribution in [1.82, 2.24) is 19.7 Å². The number of hydrogen-bond acceptors (Lipinski definition) is 7. The summed E-state index contributed by atoms with van der Waals surface area (Å²) in [7, 11) is -2.07. The maximum Gasteiger partial charge on any atom is 0.228 e. The van der Waals surface area contributed by atoms with Crippen LogP contribution in [0.3, 0.4) is 0 Å². The molecule has 4 heterocycles. The van der Waals surface area contributed by atoms with Crippen LogP contribution in [-0.4, -0.2) is 52.3 Å².